The summed E-state index contributed by atoms with van der Waals surface area (Å²) in [5.74, 6) is 3.63. The van der Waals surface area contributed by atoms with Crippen LogP contribution < -0.4 is 18.9 Å². The second-order valence-electron chi connectivity index (χ2n) is 13.3. The molecule has 0 bridgehead atoms. The number of benzene rings is 2. The van der Waals surface area contributed by atoms with Crippen LogP contribution >= 0.6 is 0 Å². The van der Waals surface area contributed by atoms with E-state index in [4.69, 9.17) is 18.9 Å². The number of aryl methyl sites for hydroxylation is 1. The Morgan fingerprint density at radius 2 is 1.64 bits per heavy atom. The Balaban J connectivity index is 1.31. The van der Waals surface area contributed by atoms with Crippen LogP contribution in [0.4, 0.5) is 0 Å². The summed E-state index contributed by atoms with van der Waals surface area (Å²) in [5.41, 5.74) is 9.24. The summed E-state index contributed by atoms with van der Waals surface area (Å²) in [6.45, 7) is 15.8. The number of hydrogen-bond donors (Lipinski definition) is 0. The van der Waals surface area contributed by atoms with Crippen molar-refractivity contribution < 1.29 is 18.9 Å². The maximum Gasteiger partial charge on any atom is 0.160 e. The molecule has 0 aromatic heterocycles. The monoisotopic (exact) mass is 601 g/mol. The first kappa shape index (κ1) is 33.7. The molecule has 0 fully saturated rings. The van der Waals surface area contributed by atoms with Crippen LogP contribution in [0, 0.1) is 6.92 Å². The second kappa shape index (κ2) is 15.7. The SMILES string of the molecule is COc1ccc(CCN2COc3cc4c(c(C)c3C2)O[C@](C)(CCC=C(C)CCC=C(C)CCC=C(C)C)CC4)cc1OC. The summed E-state index contributed by atoms with van der Waals surface area (Å²) in [5, 5.41) is 0. The number of allylic oxidation sites excluding steroid dienone is 6. The third kappa shape index (κ3) is 9.17. The summed E-state index contributed by atoms with van der Waals surface area (Å²) in [6, 6.07) is 8.39. The van der Waals surface area contributed by atoms with Crippen LogP contribution in [0.1, 0.15) is 102 Å². The van der Waals surface area contributed by atoms with Gasteiger partial charge in [-0.2, -0.15) is 0 Å². The first-order chi connectivity index (χ1) is 21.1. The number of rotatable bonds is 14. The average molecular weight is 602 g/mol. The molecule has 2 aromatic carbocycles. The highest BCUT2D eigenvalue weighted by molar-refractivity contribution is 5.55. The number of methoxy groups -OCH3 is 2. The smallest absolute Gasteiger partial charge is 0.160 e. The molecule has 0 spiro atoms. The molecule has 0 saturated heterocycles. The maximum absolute atomic E-state index is 6.83. The van der Waals surface area contributed by atoms with Gasteiger partial charge < -0.3 is 18.9 Å². The van der Waals surface area contributed by atoms with Gasteiger partial charge in [0.25, 0.3) is 0 Å². The molecule has 0 N–H and O–H groups in total. The zero-order valence-electron chi connectivity index (χ0n) is 28.6. The van der Waals surface area contributed by atoms with Crippen molar-refractivity contribution in [1.82, 2.24) is 4.90 Å². The van der Waals surface area contributed by atoms with Crippen molar-refractivity contribution in [2.24, 2.45) is 0 Å². The molecule has 2 heterocycles. The Morgan fingerprint density at radius 3 is 2.34 bits per heavy atom. The molecule has 5 nitrogen and oxygen atoms in total. The Labute approximate surface area is 266 Å². The van der Waals surface area contributed by atoms with Gasteiger partial charge in [0.15, 0.2) is 11.5 Å². The third-order valence-electron chi connectivity index (χ3n) is 9.20. The molecule has 2 aliphatic heterocycles. The van der Waals surface area contributed by atoms with Crippen molar-refractivity contribution >= 4 is 0 Å². The standard InChI is InChI=1S/C39H55NO4/c1-28(2)12-9-13-29(3)14-10-15-30(4)16-11-21-39(6)22-19-33-25-36-34(31(5)38(33)44-39)26-40(27-43-36)23-20-32-17-18-35(41-7)37(24-32)42-8/h12,14,16-18,24-25H,9-11,13,15,19-23,26-27H2,1-8H3/t39-/m1/s1. The van der Waals surface area contributed by atoms with Crippen LogP contribution in [-0.2, 0) is 19.4 Å². The van der Waals surface area contributed by atoms with Crippen molar-refractivity contribution in [1.29, 1.82) is 0 Å². The lowest BCUT2D eigenvalue weighted by Crippen LogP contribution is -2.38. The van der Waals surface area contributed by atoms with E-state index in [0.29, 0.717) is 6.73 Å². The number of hydrogen-bond acceptors (Lipinski definition) is 5. The summed E-state index contributed by atoms with van der Waals surface area (Å²) < 4.78 is 24.0. The topological polar surface area (TPSA) is 40.2 Å². The highest BCUT2D eigenvalue weighted by atomic mass is 16.5. The fraction of sp³-hybridized carbons (Fsp3) is 0.538. The predicted molar refractivity (Wildman–Crippen MR) is 182 cm³/mol. The fourth-order valence-electron chi connectivity index (χ4n) is 6.26. The van der Waals surface area contributed by atoms with Gasteiger partial charge in [0.1, 0.15) is 23.8 Å². The molecule has 0 radical (unpaired) electrons. The van der Waals surface area contributed by atoms with Crippen LogP contribution in [0.15, 0.2) is 59.2 Å². The second-order valence-corrected chi connectivity index (χ2v) is 13.3. The minimum Gasteiger partial charge on any atom is -0.493 e. The lowest BCUT2D eigenvalue weighted by molar-refractivity contribution is 0.0540. The van der Waals surface area contributed by atoms with Crippen molar-refractivity contribution in [3.63, 3.8) is 0 Å². The van der Waals surface area contributed by atoms with Gasteiger partial charge in [-0.05, 0) is 134 Å². The molecular formula is C39H55NO4. The quantitative estimate of drug-likeness (QED) is 0.202. The molecular weight excluding hydrogens is 546 g/mol. The lowest BCUT2D eigenvalue weighted by atomic mass is 9.86. The third-order valence-corrected chi connectivity index (χ3v) is 9.20. The number of fused-ring (bicyclic) bond motifs is 2. The minimum absolute atomic E-state index is 0.146. The molecule has 2 aliphatic rings. The Morgan fingerprint density at radius 1 is 0.932 bits per heavy atom. The molecule has 44 heavy (non-hydrogen) atoms. The number of nitrogens with zero attached hydrogens (tertiary/aromatic N) is 1. The minimum atomic E-state index is -0.146. The van der Waals surface area contributed by atoms with Gasteiger partial charge in [-0.25, -0.2) is 0 Å². The Kier molecular flexibility index (Phi) is 12.0. The van der Waals surface area contributed by atoms with Gasteiger partial charge in [-0.1, -0.05) is 41.0 Å². The Hall–Kier alpha value is -3.18. The predicted octanol–water partition coefficient (Wildman–Crippen LogP) is 9.69. The average Bonchev–Trinajstić information content (AvgIpc) is 3.00. The van der Waals surface area contributed by atoms with Gasteiger partial charge in [0.05, 0.1) is 14.2 Å². The summed E-state index contributed by atoms with van der Waals surface area (Å²) in [6.07, 6.45) is 16.8. The van der Waals surface area contributed by atoms with Crippen LogP contribution in [0.25, 0.3) is 0 Å². The van der Waals surface area contributed by atoms with E-state index >= 15 is 0 Å². The van der Waals surface area contributed by atoms with E-state index in [0.717, 1.165) is 93.9 Å². The van der Waals surface area contributed by atoms with Gasteiger partial charge in [-0.15, -0.1) is 0 Å². The van der Waals surface area contributed by atoms with E-state index in [1.807, 2.05) is 6.07 Å². The van der Waals surface area contributed by atoms with E-state index in [1.54, 1.807) is 14.2 Å². The molecule has 5 heteroatoms. The first-order valence-electron chi connectivity index (χ1n) is 16.5. The molecule has 0 saturated carbocycles. The molecule has 0 amide bonds. The molecule has 240 valence electrons. The van der Waals surface area contributed by atoms with Crippen LogP contribution in [0.3, 0.4) is 0 Å². The highest BCUT2D eigenvalue weighted by Crippen LogP contribution is 2.44. The first-order valence-corrected chi connectivity index (χ1v) is 16.5. The van der Waals surface area contributed by atoms with Crippen molar-refractivity contribution in [3.05, 3.63) is 81.5 Å². The molecule has 1 atom stereocenters. The largest absolute Gasteiger partial charge is 0.493 e. The normalized spacial score (nSPS) is 18.5. The van der Waals surface area contributed by atoms with E-state index in [-0.39, 0.29) is 5.60 Å². The maximum atomic E-state index is 6.83. The van der Waals surface area contributed by atoms with Crippen LogP contribution in [-0.4, -0.2) is 38.0 Å². The van der Waals surface area contributed by atoms with Crippen molar-refractivity contribution in [2.75, 3.05) is 27.5 Å². The molecule has 4 rings (SSSR count). The van der Waals surface area contributed by atoms with Crippen molar-refractivity contribution in [3.8, 4) is 23.0 Å². The highest BCUT2D eigenvalue weighted by Gasteiger charge is 2.34. The van der Waals surface area contributed by atoms with Crippen molar-refractivity contribution in [2.45, 2.75) is 111 Å². The van der Waals surface area contributed by atoms with E-state index in [1.165, 1.54) is 39.0 Å². The summed E-state index contributed by atoms with van der Waals surface area (Å²) in [7, 11) is 3.35. The van der Waals surface area contributed by atoms with E-state index < -0.39 is 0 Å². The van der Waals surface area contributed by atoms with Gasteiger partial charge in [0, 0.05) is 18.7 Å². The fourth-order valence-corrected chi connectivity index (χ4v) is 6.26. The van der Waals surface area contributed by atoms with Gasteiger partial charge >= 0.3 is 0 Å². The molecule has 2 aromatic rings. The van der Waals surface area contributed by atoms with E-state index in [2.05, 4.69) is 82.9 Å². The van der Waals surface area contributed by atoms with E-state index in [9.17, 15) is 0 Å². The number of ether oxygens (including phenoxy) is 4. The Bertz CT molecular complexity index is 1370. The van der Waals surface area contributed by atoms with Gasteiger partial charge in [-0.3, -0.25) is 4.90 Å². The summed E-state index contributed by atoms with van der Waals surface area (Å²) >= 11 is 0. The lowest BCUT2D eigenvalue weighted by Gasteiger charge is -2.39. The zero-order valence-corrected chi connectivity index (χ0v) is 28.6. The van der Waals surface area contributed by atoms with Crippen LogP contribution in [0.5, 0.6) is 23.0 Å². The van der Waals surface area contributed by atoms with Gasteiger partial charge in [0.2, 0.25) is 0 Å². The summed E-state index contributed by atoms with van der Waals surface area (Å²) in [4.78, 5) is 2.37. The van der Waals surface area contributed by atoms with Crippen LogP contribution in [0.2, 0.25) is 0 Å². The zero-order chi connectivity index (χ0) is 31.7. The molecule has 0 unspecified atom stereocenters. The molecule has 0 aliphatic carbocycles.